The molecule has 0 bridgehead atoms. The number of aromatic nitrogens is 1. The highest BCUT2D eigenvalue weighted by atomic mass is 32.2. The number of nitrogens with one attached hydrogen (secondary N) is 1. The number of sulfonamides is 1. The Balaban J connectivity index is 1.29. The highest BCUT2D eigenvalue weighted by molar-refractivity contribution is 7.89. The number of primary sulfonamides is 1. The van der Waals surface area contributed by atoms with E-state index in [0.717, 1.165) is 92.5 Å². The average Bonchev–Trinajstić information content (AvgIpc) is 3.58. The van der Waals surface area contributed by atoms with Crippen molar-refractivity contribution in [1.29, 1.82) is 0 Å². The van der Waals surface area contributed by atoms with Crippen molar-refractivity contribution in [2.45, 2.75) is 75.5 Å². The Morgan fingerprint density at radius 1 is 0.892 bits per heavy atom. The summed E-state index contributed by atoms with van der Waals surface area (Å²) in [5.74, 6) is 1.29. The number of nitrogens with zero attached hydrogens (tertiary/aromatic N) is 1. The summed E-state index contributed by atoms with van der Waals surface area (Å²) in [6.45, 7) is 0.781. The fraction of sp³-hybridized carbons (Fsp3) is 0.448. The molecule has 198 valence electrons. The lowest BCUT2D eigenvalue weighted by Crippen LogP contribution is -2.30. The standard InChI is InChI=1S/C29H37N3O4S/c30-37(34,35)25-19-17-22(18-20-25)27-26(36-32-28(27)23-12-6-5-7-13-23)16-8-3-1-2-4-11-21-31-29(33)24-14-9-10-15-24/h5-7,12-13,17-20,24H,1-4,8-11,14-16,21H2,(H,31,33)(H2,30,34,35). The van der Waals surface area contributed by atoms with Gasteiger partial charge in [0, 0.05) is 24.4 Å². The smallest absolute Gasteiger partial charge is 0.238 e. The zero-order valence-electron chi connectivity index (χ0n) is 21.3. The lowest BCUT2D eigenvalue weighted by molar-refractivity contribution is -0.124. The van der Waals surface area contributed by atoms with E-state index >= 15 is 0 Å². The second-order valence-corrected chi connectivity index (χ2v) is 11.5. The van der Waals surface area contributed by atoms with Crippen LogP contribution in [0.3, 0.4) is 0 Å². The van der Waals surface area contributed by atoms with Crippen LogP contribution in [0.5, 0.6) is 0 Å². The molecule has 37 heavy (non-hydrogen) atoms. The number of carbonyl (C=O) groups excluding carboxylic acids is 1. The number of aryl methyl sites for hydroxylation is 1. The molecule has 1 aliphatic carbocycles. The zero-order valence-corrected chi connectivity index (χ0v) is 22.1. The van der Waals surface area contributed by atoms with Crippen LogP contribution < -0.4 is 10.5 Å². The zero-order chi connectivity index (χ0) is 26.1. The van der Waals surface area contributed by atoms with Crippen LogP contribution in [-0.2, 0) is 21.2 Å². The van der Waals surface area contributed by atoms with Gasteiger partial charge < -0.3 is 9.84 Å². The quantitative estimate of drug-likeness (QED) is 0.273. The third kappa shape index (κ3) is 7.52. The SMILES string of the molecule is NS(=O)(=O)c1ccc(-c2c(-c3ccccc3)noc2CCCCCCCCNC(=O)C2CCCC2)cc1. The molecule has 3 aromatic rings. The van der Waals surface area contributed by atoms with Crippen LogP contribution in [0.1, 0.15) is 70.0 Å². The summed E-state index contributed by atoms with van der Waals surface area (Å²) in [6, 6.07) is 16.4. The summed E-state index contributed by atoms with van der Waals surface area (Å²) in [7, 11) is -3.76. The molecule has 1 fully saturated rings. The number of rotatable bonds is 13. The Morgan fingerprint density at radius 3 is 2.22 bits per heavy atom. The van der Waals surface area contributed by atoms with E-state index in [1.807, 2.05) is 30.3 Å². The largest absolute Gasteiger partial charge is 0.360 e. The van der Waals surface area contributed by atoms with Crippen molar-refractivity contribution in [2.24, 2.45) is 11.1 Å². The van der Waals surface area contributed by atoms with E-state index in [1.165, 1.54) is 25.0 Å². The molecule has 1 heterocycles. The Hall–Kier alpha value is -2.97. The molecule has 0 unspecified atom stereocenters. The van der Waals surface area contributed by atoms with Crippen molar-refractivity contribution >= 4 is 15.9 Å². The minimum absolute atomic E-state index is 0.0774. The van der Waals surface area contributed by atoms with E-state index < -0.39 is 10.0 Å². The molecular formula is C29H37N3O4S. The molecule has 0 aliphatic heterocycles. The summed E-state index contributed by atoms with van der Waals surface area (Å²) in [4.78, 5) is 12.2. The van der Waals surface area contributed by atoms with E-state index in [4.69, 9.17) is 9.66 Å². The van der Waals surface area contributed by atoms with Gasteiger partial charge in [0.15, 0.2) is 0 Å². The van der Waals surface area contributed by atoms with Gasteiger partial charge in [-0.2, -0.15) is 0 Å². The second kappa shape index (κ2) is 13.0. The number of carbonyl (C=O) groups is 1. The Kier molecular flexibility index (Phi) is 9.52. The summed E-state index contributed by atoms with van der Waals surface area (Å²) in [5.41, 5.74) is 3.44. The van der Waals surface area contributed by atoms with Crippen molar-refractivity contribution in [2.75, 3.05) is 6.54 Å². The van der Waals surface area contributed by atoms with Gasteiger partial charge in [-0.1, -0.05) is 86.1 Å². The summed E-state index contributed by atoms with van der Waals surface area (Å²) < 4.78 is 29.2. The second-order valence-electron chi connectivity index (χ2n) is 9.91. The fourth-order valence-electron chi connectivity index (χ4n) is 5.06. The van der Waals surface area contributed by atoms with Crippen molar-refractivity contribution < 1.29 is 17.7 Å². The molecule has 3 N–H and O–H groups in total. The number of hydrogen-bond donors (Lipinski definition) is 2. The first-order valence-electron chi connectivity index (χ1n) is 13.4. The van der Waals surface area contributed by atoms with Gasteiger partial charge in [0.1, 0.15) is 11.5 Å². The van der Waals surface area contributed by atoms with Crippen LogP contribution in [0.15, 0.2) is 64.0 Å². The lowest BCUT2D eigenvalue weighted by Gasteiger charge is -2.10. The van der Waals surface area contributed by atoms with Gasteiger partial charge in [-0.3, -0.25) is 4.79 Å². The number of benzene rings is 2. The maximum absolute atomic E-state index is 12.1. The molecule has 0 saturated heterocycles. The van der Waals surface area contributed by atoms with Crippen molar-refractivity contribution in [3.05, 3.63) is 60.4 Å². The average molecular weight is 524 g/mol. The Labute approximate surface area is 219 Å². The Bertz CT molecular complexity index is 1250. The van der Waals surface area contributed by atoms with Crippen LogP contribution in [0.25, 0.3) is 22.4 Å². The van der Waals surface area contributed by atoms with Crippen LogP contribution in [-0.4, -0.2) is 26.0 Å². The number of unbranched alkanes of at least 4 members (excludes halogenated alkanes) is 5. The van der Waals surface area contributed by atoms with Crippen molar-refractivity contribution in [3.8, 4) is 22.4 Å². The first-order chi connectivity index (χ1) is 17.9. The molecule has 0 spiro atoms. The molecule has 1 amide bonds. The number of amides is 1. The van der Waals surface area contributed by atoms with E-state index in [9.17, 15) is 13.2 Å². The summed E-state index contributed by atoms with van der Waals surface area (Å²) in [6.07, 6.45) is 11.7. The van der Waals surface area contributed by atoms with Gasteiger partial charge >= 0.3 is 0 Å². The topological polar surface area (TPSA) is 115 Å². The van der Waals surface area contributed by atoms with E-state index in [0.29, 0.717) is 0 Å². The normalized spacial score (nSPS) is 14.2. The molecule has 4 rings (SSSR count). The maximum Gasteiger partial charge on any atom is 0.238 e. The van der Waals surface area contributed by atoms with Gasteiger partial charge in [0.05, 0.1) is 10.5 Å². The van der Waals surface area contributed by atoms with Crippen LogP contribution in [0, 0.1) is 5.92 Å². The predicted octanol–water partition coefficient (Wildman–Crippen LogP) is 5.85. The minimum Gasteiger partial charge on any atom is -0.360 e. The molecule has 1 saturated carbocycles. The first-order valence-corrected chi connectivity index (χ1v) is 14.9. The van der Waals surface area contributed by atoms with Crippen molar-refractivity contribution in [3.63, 3.8) is 0 Å². The monoisotopic (exact) mass is 523 g/mol. The predicted molar refractivity (Wildman–Crippen MR) is 145 cm³/mol. The van der Waals surface area contributed by atoms with Crippen LogP contribution >= 0.6 is 0 Å². The first kappa shape index (κ1) is 27.1. The van der Waals surface area contributed by atoms with E-state index in [2.05, 4.69) is 10.5 Å². The third-order valence-electron chi connectivity index (χ3n) is 7.14. The number of nitrogens with two attached hydrogens (primary N) is 1. The van der Waals surface area contributed by atoms with Crippen molar-refractivity contribution in [1.82, 2.24) is 10.5 Å². The van der Waals surface area contributed by atoms with E-state index in [1.54, 1.807) is 12.1 Å². The summed E-state index contributed by atoms with van der Waals surface area (Å²) >= 11 is 0. The highest BCUT2D eigenvalue weighted by Crippen LogP contribution is 2.36. The van der Waals surface area contributed by atoms with Crippen LogP contribution in [0.4, 0.5) is 0 Å². The fourth-order valence-corrected chi connectivity index (χ4v) is 5.57. The van der Waals surface area contributed by atoms with Gasteiger partial charge in [-0.05, 0) is 43.4 Å². The highest BCUT2D eigenvalue weighted by Gasteiger charge is 2.22. The lowest BCUT2D eigenvalue weighted by atomic mass is 9.97. The molecule has 8 heteroatoms. The molecule has 1 aliphatic rings. The van der Waals surface area contributed by atoms with Gasteiger partial charge in [-0.15, -0.1) is 0 Å². The van der Waals surface area contributed by atoms with Gasteiger partial charge in [-0.25, -0.2) is 13.6 Å². The summed E-state index contributed by atoms with van der Waals surface area (Å²) in [5, 5.41) is 12.7. The van der Waals surface area contributed by atoms with E-state index in [-0.39, 0.29) is 16.7 Å². The molecule has 1 aromatic heterocycles. The molecular weight excluding hydrogens is 486 g/mol. The Morgan fingerprint density at radius 2 is 1.54 bits per heavy atom. The molecule has 0 atom stereocenters. The number of hydrogen-bond acceptors (Lipinski definition) is 5. The maximum atomic E-state index is 12.1. The van der Waals surface area contributed by atoms with Gasteiger partial charge in [0.25, 0.3) is 0 Å². The van der Waals surface area contributed by atoms with Gasteiger partial charge in [0.2, 0.25) is 15.9 Å². The molecule has 0 radical (unpaired) electrons. The third-order valence-corrected chi connectivity index (χ3v) is 8.07. The molecule has 2 aromatic carbocycles. The van der Waals surface area contributed by atoms with Crippen LogP contribution in [0.2, 0.25) is 0 Å². The molecule has 7 nitrogen and oxygen atoms in total. The minimum atomic E-state index is -3.76.